The van der Waals surface area contributed by atoms with Gasteiger partial charge in [0, 0.05) is 50.5 Å². The van der Waals surface area contributed by atoms with Gasteiger partial charge in [-0.05, 0) is 68.0 Å². The first-order valence-electron chi connectivity index (χ1n) is 14.9. The van der Waals surface area contributed by atoms with Crippen LogP contribution in [0.5, 0.6) is 5.75 Å². The number of sulfonamides is 1. The monoisotopic (exact) mass is 661 g/mol. The molecule has 1 saturated heterocycles. The Labute approximate surface area is 266 Å². The first kappa shape index (κ1) is 33.3. The number of piperidine rings is 1. The van der Waals surface area contributed by atoms with Crippen molar-refractivity contribution in [3.63, 3.8) is 0 Å². The molecule has 15 heteroatoms. The Morgan fingerprint density at radius 1 is 1.11 bits per heavy atom. The highest BCUT2D eigenvalue weighted by molar-refractivity contribution is 7.92. The Morgan fingerprint density at radius 3 is 2.46 bits per heavy atom. The molecule has 1 saturated carbocycles. The average molecular weight is 662 g/mol. The highest BCUT2D eigenvalue weighted by Crippen LogP contribution is 2.36. The van der Waals surface area contributed by atoms with E-state index in [0.717, 1.165) is 42.1 Å². The lowest BCUT2D eigenvalue weighted by Gasteiger charge is -2.32. The summed E-state index contributed by atoms with van der Waals surface area (Å²) in [4.78, 5) is 23.5. The van der Waals surface area contributed by atoms with Gasteiger partial charge < -0.3 is 25.6 Å². The van der Waals surface area contributed by atoms with Gasteiger partial charge in [0.2, 0.25) is 16.0 Å². The predicted octanol–water partition coefficient (Wildman–Crippen LogP) is 4.92. The Balaban J connectivity index is 1.32. The second kappa shape index (κ2) is 13.3. The Bertz CT molecular complexity index is 1690. The van der Waals surface area contributed by atoms with E-state index in [1.54, 1.807) is 43.3 Å². The molecular weight excluding hydrogens is 623 g/mol. The van der Waals surface area contributed by atoms with E-state index in [0.29, 0.717) is 34.7 Å². The van der Waals surface area contributed by atoms with Gasteiger partial charge >= 0.3 is 6.18 Å². The fourth-order valence-corrected chi connectivity index (χ4v) is 5.96. The molecule has 3 aromatic rings. The van der Waals surface area contributed by atoms with Gasteiger partial charge in [0.1, 0.15) is 17.1 Å². The zero-order chi connectivity index (χ0) is 33.2. The van der Waals surface area contributed by atoms with Crippen LogP contribution in [-0.4, -0.2) is 74.8 Å². The summed E-state index contributed by atoms with van der Waals surface area (Å²) >= 11 is 0. The number of hydrogen-bond donors (Lipinski definition) is 3. The molecule has 1 aromatic heterocycles. The van der Waals surface area contributed by atoms with Crippen molar-refractivity contribution in [2.24, 2.45) is 0 Å². The highest BCUT2D eigenvalue weighted by Gasteiger charge is 2.36. The maximum atomic E-state index is 13.9. The molecule has 1 aliphatic heterocycles. The summed E-state index contributed by atoms with van der Waals surface area (Å²) in [5.41, 5.74) is 1.20. The maximum absolute atomic E-state index is 13.9. The Hall–Kier alpha value is -4.11. The van der Waals surface area contributed by atoms with Crippen LogP contribution < -0.4 is 25.0 Å². The molecular formula is C31H38F3N7O4S. The molecule has 11 nitrogen and oxygen atoms in total. The number of aromatic nitrogens is 2. The number of halogens is 3. The van der Waals surface area contributed by atoms with Crippen LogP contribution in [0.4, 0.5) is 36.3 Å². The lowest BCUT2D eigenvalue weighted by Crippen LogP contribution is -2.45. The van der Waals surface area contributed by atoms with Crippen LogP contribution >= 0.6 is 0 Å². The van der Waals surface area contributed by atoms with Gasteiger partial charge in [-0.1, -0.05) is 12.1 Å². The molecule has 1 aliphatic carbocycles. The third-order valence-corrected chi connectivity index (χ3v) is 9.45. The number of nitrogens with zero attached hydrogens (tertiary/aromatic N) is 4. The van der Waals surface area contributed by atoms with Crippen molar-refractivity contribution in [2.45, 2.75) is 57.4 Å². The second-order valence-electron chi connectivity index (χ2n) is 11.7. The second-order valence-corrected chi connectivity index (χ2v) is 13.7. The van der Waals surface area contributed by atoms with Crippen molar-refractivity contribution in [2.75, 3.05) is 48.4 Å². The van der Waals surface area contributed by atoms with E-state index in [1.807, 2.05) is 0 Å². The molecule has 0 radical (unpaired) electrons. The predicted molar refractivity (Wildman–Crippen MR) is 170 cm³/mol. The summed E-state index contributed by atoms with van der Waals surface area (Å²) in [5, 5.41) is 8.69. The van der Waals surface area contributed by atoms with Crippen LogP contribution in [0.3, 0.4) is 0 Å². The van der Waals surface area contributed by atoms with Crippen LogP contribution in [0.1, 0.15) is 52.7 Å². The molecule has 248 valence electrons. The minimum Gasteiger partial charge on any atom is -0.495 e. The first-order valence-corrected chi connectivity index (χ1v) is 16.8. The third kappa shape index (κ3) is 7.99. The number of rotatable bonds is 11. The van der Waals surface area contributed by atoms with Gasteiger partial charge in [0.05, 0.1) is 24.7 Å². The van der Waals surface area contributed by atoms with Gasteiger partial charge in [-0.25, -0.2) is 13.4 Å². The number of nitrogens with one attached hydrogen (secondary N) is 3. The Kier molecular flexibility index (Phi) is 9.63. The summed E-state index contributed by atoms with van der Waals surface area (Å²) in [6, 6.07) is 10.5. The minimum atomic E-state index is -4.76. The number of hydrogen-bond acceptors (Lipinski definition) is 9. The van der Waals surface area contributed by atoms with Crippen molar-refractivity contribution >= 4 is 39.1 Å². The smallest absolute Gasteiger partial charge is 0.421 e. The molecule has 2 fully saturated rings. The van der Waals surface area contributed by atoms with Crippen LogP contribution in [0, 0.1) is 6.92 Å². The van der Waals surface area contributed by atoms with E-state index >= 15 is 0 Å². The van der Waals surface area contributed by atoms with Crippen LogP contribution in [0.2, 0.25) is 0 Å². The molecule has 0 spiro atoms. The number of amides is 1. The third-order valence-electron chi connectivity index (χ3n) is 8.26. The molecule has 0 bridgehead atoms. The van der Waals surface area contributed by atoms with Crippen LogP contribution in [0.15, 0.2) is 42.6 Å². The fourth-order valence-electron chi connectivity index (χ4n) is 5.43. The van der Waals surface area contributed by atoms with Gasteiger partial charge in [0.25, 0.3) is 5.91 Å². The zero-order valence-electron chi connectivity index (χ0n) is 26.1. The zero-order valence-corrected chi connectivity index (χ0v) is 26.9. The topological polar surface area (TPSA) is 129 Å². The maximum Gasteiger partial charge on any atom is 0.421 e. The molecule has 1 amide bonds. The summed E-state index contributed by atoms with van der Waals surface area (Å²) in [6.07, 6.45) is 1.24. The number of methoxy groups -OCH3 is 1. The highest BCUT2D eigenvalue weighted by atomic mass is 32.2. The fraction of sp³-hybridized carbons (Fsp3) is 0.452. The lowest BCUT2D eigenvalue weighted by atomic mass is 10.0. The summed E-state index contributed by atoms with van der Waals surface area (Å²) in [6.45, 7) is 3.57. The number of carbonyl (C=O) groups excluding carboxylic acids is 1. The van der Waals surface area contributed by atoms with Gasteiger partial charge in [0.15, 0.2) is 0 Å². The lowest BCUT2D eigenvalue weighted by molar-refractivity contribution is -0.137. The SMILES string of the molecule is COc1cc(C(=O)NC2CCN(C3CC3)CC2)ccc1Nc1ncc(C(F)(F)F)c(NCc2ccc(C)cc2N(C)S(C)(=O)=O)n1. The quantitative estimate of drug-likeness (QED) is 0.262. The minimum absolute atomic E-state index is 0.0838. The van der Waals surface area contributed by atoms with Gasteiger partial charge in [-0.2, -0.15) is 18.2 Å². The van der Waals surface area contributed by atoms with Crippen molar-refractivity contribution in [3.05, 3.63) is 64.8 Å². The molecule has 2 aliphatic rings. The number of alkyl halides is 3. The van der Waals surface area contributed by atoms with E-state index in [-0.39, 0.29) is 30.2 Å². The van der Waals surface area contributed by atoms with Crippen molar-refractivity contribution in [1.82, 2.24) is 20.2 Å². The van der Waals surface area contributed by atoms with Crippen molar-refractivity contribution in [1.29, 1.82) is 0 Å². The van der Waals surface area contributed by atoms with E-state index in [2.05, 4.69) is 30.8 Å². The number of likely N-dealkylation sites (tertiary alicyclic amines) is 1. The van der Waals surface area contributed by atoms with E-state index < -0.39 is 27.6 Å². The van der Waals surface area contributed by atoms with E-state index in [4.69, 9.17) is 4.74 Å². The van der Waals surface area contributed by atoms with Gasteiger partial charge in [-0.3, -0.25) is 9.10 Å². The number of carbonyl (C=O) groups is 1. The van der Waals surface area contributed by atoms with E-state index in [1.165, 1.54) is 27.0 Å². The molecule has 0 unspecified atom stereocenters. The summed E-state index contributed by atoms with van der Waals surface area (Å²) < 4.78 is 72.7. The molecule has 2 heterocycles. The van der Waals surface area contributed by atoms with Crippen molar-refractivity contribution < 1.29 is 31.1 Å². The van der Waals surface area contributed by atoms with Gasteiger partial charge in [-0.15, -0.1) is 0 Å². The van der Waals surface area contributed by atoms with Crippen LogP contribution in [-0.2, 0) is 22.7 Å². The molecule has 46 heavy (non-hydrogen) atoms. The first-order chi connectivity index (χ1) is 21.7. The van der Waals surface area contributed by atoms with Crippen molar-refractivity contribution in [3.8, 4) is 5.75 Å². The average Bonchev–Trinajstić information content (AvgIpc) is 3.85. The number of benzene rings is 2. The Morgan fingerprint density at radius 2 is 1.83 bits per heavy atom. The summed E-state index contributed by atoms with van der Waals surface area (Å²) in [7, 11) is -0.828. The van der Waals surface area contributed by atoms with Crippen LogP contribution in [0.25, 0.3) is 0 Å². The van der Waals surface area contributed by atoms with E-state index in [9.17, 15) is 26.4 Å². The summed E-state index contributed by atoms with van der Waals surface area (Å²) in [5.74, 6) is -0.599. The molecule has 3 N–H and O–H groups in total. The standard InChI is InChI=1S/C31H38F3N7O4S/c1-19-5-6-21(26(15-19)40(2)46(4,43)44)17-35-28-24(31(32,33)34)18-36-30(39-28)38-25-10-7-20(16-27(25)45-3)29(42)37-22-11-13-41(14-12-22)23-8-9-23/h5-7,10,15-16,18,22-23H,8-9,11-14,17H2,1-4H3,(H,37,42)(H2,35,36,38,39). The molecule has 0 atom stereocenters. The molecule has 2 aromatic carbocycles. The number of ether oxygens (including phenoxy) is 1. The normalized spacial score (nSPS) is 16.2. The largest absolute Gasteiger partial charge is 0.495 e. The number of aryl methyl sites for hydroxylation is 1. The molecule has 5 rings (SSSR count). The number of anilines is 4.